The molecule has 3 aromatic carbocycles. The van der Waals surface area contributed by atoms with Gasteiger partial charge in [0.05, 0.1) is 17.2 Å². The molecule has 4 rings (SSSR count). The number of hydrogen-bond donors (Lipinski definition) is 0. The lowest BCUT2D eigenvalue weighted by Crippen LogP contribution is -2.27. The summed E-state index contributed by atoms with van der Waals surface area (Å²) >= 11 is 9.94. The number of thiocarbonyl (C=S) groups is 1. The van der Waals surface area contributed by atoms with Crippen molar-refractivity contribution in [3.8, 4) is 17.2 Å². The van der Waals surface area contributed by atoms with Gasteiger partial charge in [0, 0.05) is 4.47 Å². The molecule has 0 aliphatic carbocycles. The van der Waals surface area contributed by atoms with Crippen LogP contribution in [-0.4, -0.2) is 30.0 Å². The van der Waals surface area contributed by atoms with E-state index >= 15 is 0 Å². The number of hydrogen-bond acceptors (Lipinski definition) is 6. The van der Waals surface area contributed by atoms with Crippen molar-refractivity contribution < 1.29 is 23.4 Å². The van der Waals surface area contributed by atoms with Crippen LogP contribution in [0, 0.1) is 5.82 Å². The Hall–Kier alpha value is -2.88. The van der Waals surface area contributed by atoms with E-state index in [1.807, 2.05) is 43.3 Å². The molecule has 35 heavy (non-hydrogen) atoms. The van der Waals surface area contributed by atoms with Crippen LogP contribution in [0.2, 0.25) is 0 Å². The average Bonchev–Trinajstić information content (AvgIpc) is 3.11. The minimum Gasteiger partial charge on any atom is -0.490 e. The number of rotatable bonds is 9. The Morgan fingerprint density at radius 2 is 1.77 bits per heavy atom. The van der Waals surface area contributed by atoms with Crippen LogP contribution in [0.25, 0.3) is 6.08 Å². The second-order valence-corrected chi connectivity index (χ2v) is 9.88. The third-order valence-corrected chi connectivity index (χ3v) is 6.68. The van der Waals surface area contributed by atoms with E-state index in [4.69, 9.17) is 26.4 Å². The van der Waals surface area contributed by atoms with Crippen LogP contribution in [-0.2, 0) is 4.79 Å². The van der Waals surface area contributed by atoms with Crippen molar-refractivity contribution in [1.82, 2.24) is 0 Å². The molecule has 0 unspecified atom stereocenters. The molecule has 1 aliphatic rings. The fourth-order valence-corrected chi connectivity index (χ4v) is 4.86. The summed E-state index contributed by atoms with van der Waals surface area (Å²) in [6.07, 6.45) is 1.74. The minimum atomic E-state index is -0.431. The summed E-state index contributed by atoms with van der Waals surface area (Å²) in [5.41, 5.74) is 1.16. The number of halogens is 2. The van der Waals surface area contributed by atoms with Crippen LogP contribution >= 0.6 is 39.9 Å². The van der Waals surface area contributed by atoms with Crippen LogP contribution in [0.4, 0.5) is 10.1 Å². The van der Waals surface area contributed by atoms with Gasteiger partial charge in [-0.2, -0.15) is 0 Å². The van der Waals surface area contributed by atoms with E-state index in [2.05, 4.69) is 15.9 Å². The highest BCUT2D eigenvalue weighted by molar-refractivity contribution is 9.10. The smallest absolute Gasteiger partial charge is 0.270 e. The molecular weight excluding hydrogens is 553 g/mol. The fourth-order valence-electron chi connectivity index (χ4n) is 3.30. The maximum atomic E-state index is 13.6. The van der Waals surface area contributed by atoms with Crippen LogP contribution in [0.1, 0.15) is 12.5 Å². The molecule has 0 saturated carbocycles. The Bertz CT molecular complexity index is 1270. The molecule has 5 nitrogen and oxygen atoms in total. The summed E-state index contributed by atoms with van der Waals surface area (Å²) in [4.78, 5) is 14.8. The molecule has 0 N–H and O–H groups in total. The first-order valence-corrected chi connectivity index (χ1v) is 12.8. The first-order chi connectivity index (χ1) is 16.9. The van der Waals surface area contributed by atoms with Crippen molar-refractivity contribution in [1.29, 1.82) is 0 Å². The van der Waals surface area contributed by atoms with E-state index in [0.29, 0.717) is 46.2 Å². The molecule has 1 fully saturated rings. The van der Waals surface area contributed by atoms with Gasteiger partial charge in [-0.25, -0.2) is 4.39 Å². The molecule has 180 valence electrons. The van der Waals surface area contributed by atoms with Gasteiger partial charge in [0.15, 0.2) is 15.8 Å². The standard InChI is InChI=1S/C26H21BrFNO4S2/c1-2-31-23-14-17(6-11-22(23)33-13-12-32-21-9-7-18(27)8-10-21)15-24-25(30)29(26(34)35-24)20-5-3-4-19(28)16-20/h3-11,14-16H,2,12-13H2,1H3. The second-order valence-electron chi connectivity index (χ2n) is 7.29. The van der Waals surface area contributed by atoms with Gasteiger partial charge in [0.2, 0.25) is 0 Å². The predicted octanol–water partition coefficient (Wildman–Crippen LogP) is 6.85. The summed E-state index contributed by atoms with van der Waals surface area (Å²) in [5.74, 6) is 1.17. The van der Waals surface area contributed by atoms with E-state index in [1.165, 1.54) is 28.8 Å². The van der Waals surface area contributed by atoms with Crippen molar-refractivity contribution >= 4 is 61.9 Å². The second kappa shape index (κ2) is 11.7. The minimum absolute atomic E-state index is 0.297. The van der Waals surface area contributed by atoms with E-state index in [1.54, 1.807) is 24.3 Å². The van der Waals surface area contributed by atoms with E-state index in [-0.39, 0.29) is 5.91 Å². The fraction of sp³-hybridized carbons (Fsp3) is 0.154. The van der Waals surface area contributed by atoms with Gasteiger partial charge in [-0.05, 0) is 73.2 Å². The lowest BCUT2D eigenvalue weighted by molar-refractivity contribution is -0.113. The first kappa shape index (κ1) is 25.2. The molecule has 0 spiro atoms. The number of carbonyl (C=O) groups is 1. The van der Waals surface area contributed by atoms with Crippen LogP contribution in [0.15, 0.2) is 76.1 Å². The molecular formula is C26H21BrFNO4S2. The largest absolute Gasteiger partial charge is 0.490 e. The molecule has 0 bridgehead atoms. The summed E-state index contributed by atoms with van der Waals surface area (Å²) < 4.78 is 32.3. The highest BCUT2D eigenvalue weighted by atomic mass is 79.9. The lowest BCUT2D eigenvalue weighted by atomic mass is 10.1. The number of nitrogens with zero attached hydrogens (tertiary/aromatic N) is 1. The number of thioether (sulfide) groups is 1. The van der Waals surface area contributed by atoms with Gasteiger partial charge < -0.3 is 14.2 Å². The average molecular weight is 574 g/mol. The number of benzene rings is 3. The zero-order chi connectivity index (χ0) is 24.8. The molecule has 0 radical (unpaired) electrons. The summed E-state index contributed by atoms with van der Waals surface area (Å²) in [6.45, 7) is 3.05. The molecule has 3 aromatic rings. The van der Waals surface area contributed by atoms with Crippen molar-refractivity contribution in [3.05, 3.63) is 87.5 Å². The summed E-state index contributed by atoms with van der Waals surface area (Å²) in [6, 6.07) is 18.8. The van der Waals surface area contributed by atoms with Crippen LogP contribution < -0.4 is 19.1 Å². The highest BCUT2D eigenvalue weighted by Crippen LogP contribution is 2.37. The predicted molar refractivity (Wildman–Crippen MR) is 145 cm³/mol. The lowest BCUT2D eigenvalue weighted by Gasteiger charge is -2.14. The zero-order valence-electron chi connectivity index (χ0n) is 18.7. The molecule has 1 saturated heterocycles. The van der Waals surface area contributed by atoms with Crippen LogP contribution in [0.3, 0.4) is 0 Å². The maximum Gasteiger partial charge on any atom is 0.270 e. The van der Waals surface area contributed by atoms with E-state index in [9.17, 15) is 9.18 Å². The van der Waals surface area contributed by atoms with Gasteiger partial charge in [0.25, 0.3) is 5.91 Å². The molecule has 0 atom stereocenters. The highest BCUT2D eigenvalue weighted by Gasteiger charge is 2.33. The van der Waals surface area contributed by atoms with Crippen molar-refractivity contribution in [2.75, 3.05) is 24.7 Å². The third-order valence-electron chi connectivity index (χ3n) is 4.85. The molecule has 0 aromatic heterocycles. The SMILES string of the molecule is CCOc1cc(C=C2SC(=S)N(c3cccc(F)c3)C2=O)ccc1OCCOc1ccc(Br)cc1. The third kappa shape index (κ3) is 6.42. The Morgan fingerprint density at radius 1 is 1.00 bits per heavy atom. The Kier molecular flexibility index (Phi) is 8.43. The molecule has 1 aliphatic heterocycles. The topological polar surface area (TPSA) is 48.0 Å². The molecule has 1 amide bonds. The number of ether oxygens (including phenoxy) is 3. The van der Waals surface area contributed by atoms with Crippen molar-refractivity contribution in [2.45, 2.75) is 6.92 Å². The molecule has 1 heterocycles. The van der Waals surface area contributed by atoms with Gasteiger partial charge in [0.1, 0.15) is 24.8 Å². The number of carbonyl (C=O) groups excluding carboxylic acids is 1. The van der Waals surface area contributed by atoms with E-state index in [0.717, 1.165) is 15.8 Å². The maximum absolute atomic E-state index is 13.6. The van der Waals surface area contributed by atoms with Gasteiger partial charge >= 0.3 is 0 Å². The number of anilines is 1. The Labute approximate surface area is 221 Å². The van der Waals surface area contributed by atoms with Crippen molar-refractivity contribution in [3.63, 3.8) is 0 Å². The van der Waals surface area contributed by atoms with Gasteiger partial charge in [-0.3, -0.25) is 9.69 Å². The normalized spacial score (nSPS) is 14.5. The quantitative estimate of drug-likeness (QED) is 0.158. The Balaban J connectivity index is 1.44. The first-order valence-electron chi connectivity index (χ1n) is 10.8. The summed E-state index contributed by atoms with van der Waals surface area (Å²) in [5, 5.41) is 0. The monoisotopic (exact) mass is 573 g/mol. The summed E-state index contributed by atoms with van der Waals surface area (Å²) in [7, 11) is 0. The van der Waals surface area contributed by atoms with Crippen LogP contribution in [0.5, 0.6) is 17.2 Å². The van der Waals surface area contributed by atoms with Gasteiger partial charge in [-0.15, -0.1) is 0 Å². The van der Waals surface area contributed by atoms with Gasteiger partial charge in [-0.1, -0.05) is 52.0 Å². The molecule has 9 heteroatoms. The Morgan fingerprint density at radius 3 is 2.51 bits per heavy atom. The van der Waals surface area contributed by atoms with Crippen molar-refractivity contribution in [2.24, 2.45) is 0 Å². The van der Waals surface area contributed by atoms with E-state index < -0.39 is 5.82 Å². The number of amides is 1. The zero-order valence-corrected chi connectivity index (χ0v) is 21.9.